The Labute approximate surface area is 168 Å². The van der Waals surface area contributed by atoms with Gasteiger partial charge < -0.3 is 4.57 Å². The van der Waals surface area contributed by atoms with Crippen molar-refractivity contribution in [1.82, 2.24) is 20.1 Å². The van der Waals surface area contributed by atoms with Crippen LogP contribution < -0.4 is 15.6 Å². The summed E-state index contributed by atoms with van der Waals surface area (Å²) in [5.41, 5.74) is 6.12. The van der Waals surface area contributed by atoms with E-state index in [4.69, 9.17) is 0 Å². The van der Waals surface area contributed by atoms with Crippen LogP contribution in [0.1, 0.15) is 56.3 Å². The predicted molar refractivity (Wildman–Crippen MR) is 107 cm³/mol. The van der Waals surface area contributed by atoms with Crippen molar-refractivity contribution in [2.75, 3.05) is 7.05 Å². The maximum atomic E-state index is 12.4. The molecule has 0 saturated carbocycles. The minimum atomic E-state index is -3.65. The zero-order valence-corrected chi connectivity index (χ0v) is 17.5. The van der Waals surface area contributed by atoms with Crippen molar-refractivity contribution >= 4 is 33.2 Å². The first-order valence-corrected chi connectivity index (χ1v) is 11.4. The molecule has 0 aliphatic heterocycles. The van der Waals surface area contributed by atoms with Gasteiger partial charge in [-0.05, 0) is 50.4 Å². The number of hydrogen-bond acceptors (Lipinski definition) is 5. The van der Waals surface area contributed by atoms with Crippen molar-refractivity contribution in [2.24, 2.45) is 7.05 Å². The summed E-state index contributed by atoms with van der Waals surface area (Å²) in [5, 5.41) is 0. The van der Waals surface area contributed by atoms with Crippen LogP contribution in [-0.2, 0) is 29.9 Å². The van der Waals surface area contributed by atoms with E-state index in [1.54, 1.807) is 7.05 Å². The third-order valence-electron chi connectivity index (χ3n) is 4.80. The first kappa shape index (κ1) is 20.6. The molecule has 152 valence electrons. The molecule has 2 aromatic heterocycles. The molecule has 8 nitrogen and oxygen atoms in total. The number of hydrazine groups is 1. The average Bonchev–Trinajstić information content (AvgIpc) is 3.23. The lowest BCUT2D eigenvalue weighted by Crippen LogP contribution is -2.42. The molecule has 1 aliphatic rings. The van der Waals surface area contributed by atoms with E-state index in [-0.39, 0.29) is 16.5 Å². The lowest BCUT2D eigenvalue weighted by atomic mass is 10.00. The highest BCUT2D eigenvalue weighted by Crippen LogP contribution is 2.28. The number of hydrogen-bond donors (Lipinski definition) is 3. The number of carbonyl (C=O) groups is 2. The van der Waals surface area contributed by atoms with Crippen LogP contribution in [0, 0.1) is 0 Å². The zero-order chi connectivity index (χ0) is 20.3. The van der Waals surface area contributed by atoms with E-state index in [0.717, 1.165) is 25.7 Å². The summed E-state index contributed by atoms with van der Waals surface area (Å²) >= 11 is 1.47. The smallest absolute Gasteiger partial charge is 0.286 e. The summed E-state index contributed by atoms with van der Waals surface area (Å²) in [6.45, 7) is 0. The van der Waals surface area contributed by atoms with E-state index in [0.29, 0.717) is 4.88 Å². The molecule has 2 aromatic rings. The molecule has 0 atom stereocenters. The Kier molecular flexibility index (Phi) is 6.21. The summed E-state index contributed by atoms with van der Waals surface area (Å²) in [4.78, 5) is 26.6. The van der Waals surface area contributed by atoms with E-state index in [1.165, 1.54) is 58.5 Å². The lowest BCUT2D eigenvalue weighted by Gasteiger charge is -2.07. The van der Waals surface area contributed by atoms with Gasteiger partial charge in [-0.3, -0.25) is 20.4 Å². The summed E-state index contributed by atoms with van der Waals surface area (Å²) in [7, 11) is -0.793. The fourth-order valence-corrected chi connectivity index (χ4v) is 5.17. The molecule has 1 aliphatic carbocycles. The molecule has 0 fully saturated rings. The lowest BCUT2D eigenvalue weighted by molar-refractivity contribution is 0.0844. The van der Waals surface area contributed by atoms with Gasteiger partial charge >= 0.3 is 0 Å². The van der Waals surface area contributed by atoms with Gasteiger partial charge in [-0.1, -0.05) is 12.8 Å². The van der Waals surface area contributed by atoms with Gasteiger partial charge in [0, 0.05) is 18.1 Å². The highest BCUT2D eigenvalue weighted by Gasteiger charge is 2.20. The number of aryl methyl sites for hydroxylation is 3. The summed E-state index contributed by atoms with van der Waals surface area (Å²) in [5.74, 6) is -0.967. The van der Waals surface area contributed by atoms with Crippen LogP contribution >= 0.6 is 11.3 Å². The Hall–Kier alpha value is -2.17. The molecule has 10 heteroatoms. The monoisotopic (exact) mass is 424 g/mol. The number of sulfonamides is 1. The molecule has 2 heterocycles. The molecular formula is C18H24N4O4S2. The second-order valence-corrected chi connectivity index (χ2v) is 9.78. The van der Waals surface area contributed by atoms with Gasteiger partial charge in [0.25, 0.3) is 11.8 Å². The quantitative estimate of drug-likeness (QED) is 0.649. The number of aromatic nitrogens is 1. The van der Waals surface area contributed by atoms with E-state index in [1.807, 2.05) is 6.07 Å². The largest absolute Gasteiger partial charge is 0.345 e. The summed E-state index contributed by atoms with van der Waals surface area (Å²) in [6.07, 6.45) is 8.01. The fourth-order valence-electron chi connectivity index (χ4n) is 3.22. The normalized spacial score (nSPS) is 14.6. The third kappa shape index (κ3) is 4.45. The minimum absolute atomic E-state index is 0.0213. The first-order chi connectivity index (χ1) is 13.3. The van der Waals surface area contributed by atoms with Crippen molar-refractivity contribution in [2.45, 2.75) is 43.4 Å². The Morgan fingerprint density at radius 1 is 1.04 bits per heavy atom. The molecule has 0 radical (unpaired) electrons. The van der Waals surface area contributed by atoms with E-state index in [9.17, 15) is 18.0 Å². The number of nitrogens with zero attached hydrogens (tertiary/aromatic N) is 1. The maximum Gasteiger partial charge on any atom is 0.286 e. The van der Waals surface area contributed by atoms with Gasteiger partial charge in [-0.15, -0.1) is 11.3 Å². The van der Waals surface area contributed by atoms with Gasteiger partial charge in [-0.25, -0.2) is 13.1 Å². The van der Waals surface area contributed by atoms with Crippen LogP contribution in [0.3, 0.4) is 0 Å². The van der Waals surface area contributed by atoms with Crippen LogP contribution in [-0.4, -0.2) is 31.8 Å². The summed E-state index contributed by atoms with van der Waals surface area (Å²) < 4.78 is 27.3. The van der Waals surface area contributed by atoms with Crippen LogP contribution in [0.5, 0.6) is 0 Å². The van der Waals surface area contributed by atoms with Crippen LogP contribution in [0.4, 0.5) is 0 Å². The van der Waals surface area contributed by atoms with Crippen molar-refractivity contribution in [3.05, 3.63) is 39.3 Å². The second-order valence-electron chi connectivity index (χ2n) is 6.76. The Morgan fingerprint density at radius 2 is 1.71 bits per heavy atom. The molecule has 0 unspecified atom stereocenters. The van der Waals surface area contributed by atoms with E-state index >= 15 is 0 Å². The molecule has 3 rings (SSSR count). The van der Waals surface area contributed by atoms with Crippen LogP contribution in [0.2, 0.25) is 0 Å². The maximum absolute atomic E-state index is 12.4. The minimum Gasteiger partial charge on any atom is -0.345 e. The Bertz CT molecular complexity index is 966. The Balaban J connectivity index is 1.66. The highest BCUT2D eigenvalue weighted by molar-refractivity contribution is 7.89. The topological polar surface area (TPSA) is 109 Å². The number of carbonyl (C=O) groups excluding carboxylic acids is 2. The molecule has 0 spiro atoms. The van der Waals surface area contributed by atoms with E-state index < -0.39 is 15.9 Å². The molecule has 0 aromatic carbocycles. The van der Waals surface area contributed by atoms with Gasteiger partial charge in [0.1, 0.15) is 10.6 Å². The molecule has 0 saturated heterocycles. The van der Waals surface area contributed by atoms with Crippen LogP contribution in [0.25, 0.3) is 0 Å². The number of rotatable bonds is 4. The van der Waals surface area contributed by atoms with Crippen LogP contribution in [0.15, 0.2) is 23.2 Å². The standard InChI is InChI=1S/C18H24N4O4S2/c1-19-28(25,26)13-10-14(22(2)11-13)17(23)20-21-18(24)16-9-12-7-5-3-4-6-8-15(12)27-16/h9-11,19H,3-8H2,1-2H3,(H,20,23)(H,21,24). The number of nitrogens with one attached hydrogen (secondary N) is 3. The predicted octanol–water partition coefficient (Wildman–Crippen LogP) is 1.73. The third-order valence-corrected chi connectivity index (χ3v) is 7.42. The number of fused-ring (bicyclic) bond motifs is 1. The fraction of sp³-hybridized carbons (Fsp3) is 0.444. The zero-order valence-electron chi connectivity index (χ0n) is 15.9. The molecule has 28 heavy (non-hydrogen) atoms. The molecule has 0 bridgehead atoms. The molecule has 3 N–H and O–H groups in total. The average molecular weight is 425 g/mol. The number of amides is 2. The number of thiophene rings is 1. The van der Waals surface area contributed by atoms with Gasteiger partial charge in [0.15, 0.2) is 0 Å². The summed E-state index contributed by atoms with van der Waals surface area (Å²) in [6, 6.07) is 3.16. The van der Waals surface area contributed by atoms with Gasteiger partial charge in [0.05, 0.1) is 4.88 Å². The first-order valence-electron chi connectivity index (χ1n) is 9.14. The van der Waals surface area contributed by atoms with Crippen molar-refractivity contribution < 1.29 is 18.0 Å². The highest BCUT2D eigenvalue weighted by atomic mass is 32.2. The van der Waals surface area contributed by atoms with Gasteiger partial charge in [0.2, 0.25) is 10.0 Å². The molecule has 2 amide bonds. The van der Waals surface area contributed by atoms with E-state index in [2.05, 4.69) is 15.6 Å². The Morgan fingerprint density at radius 3 is 2.43 bits per heavy atom. The van der Waals surface area contributed by atoms with Crippen molar-refractivity contribution in [3.8, 4) is 0 Å². The van der Waals surface area contributed by atoms with Gasteiger partial charge in [-0.2, -0.15) is 0 Å². The van der Waals surface area contributed by atoms with Crippen molar-refractivity contribution in [3.63, 3.8) is 0 Å². The van der Waals surface area contributed by atoms with Crippen molar-refractivity contribution in [1.29, 1.82) is 0 Å². The second kappa shape index (κ2) is 8.46. The molecular weight excluding hydrogens is 400 g/mol. The SMILES string of the molecule is CNS(=O)(=O)c1cc(C(=O)NNC(=O)c2cc3c(s2)CCCCCC3)n(C)c1.